The van der Waals surface area contributed by atoms with Crippen molar-refractivity contribution in [3.05, 3.63) is 11.8 Å². The lowest BCUT2D eigenvalue weighted by atomic mass is 9.98. The predicted molar refractivity (Wildman–Crippen MR) is 66.0 cm³/mol. The Labute approximate surface area is 109 Å². The van der Waals surface area contributed by atoms with E-state index in [2.05, 4.69) is 15.3 Å². The highest BCUT2D eigenvalue weighted by Crippen LogP contribution is 2.64. The van der Waals surface area contributed by atoms with Crippen LogP contribution in [-0.4, -0.2) is 27.1 Å². The first-order valence-corrected chi connectivity index (χ1v) is 6.10. The molecule has 0 aromatic carbocycles. The van der Waals surface area contributed by atoms with E-state index in [1.807, 2.05) is 6.07 Å². The summed E-state index contributed by atoms with van der Waals surface area (Å²) in [5, 5.41) is 21.2. The summed E-state index contributed by atoms with van der Waals surface area (Å²) in [7, 11) is 0. The zero-order valence-electron chi connectivity index (χ0n) is 10.1. The maximum absolute atomic E-state index is 11.4. The molecule has 3 rings (SSSR count). The van der Waals surface area contributed by atoms with Crippen LogP contribution in [0, 0.1) is 22.7 Å². The predicted octanol–water partition coefficient (Wildman–Crippen LogP) is 0.596. The molecule has 7 heteroatoms. The van der Waals surface area contributed by atoms with E-state index in [1.165, 1.54) is 6.20 Å². The van der Waals surface area contributed by atoms with Gasteiger partial charge in [0.05, 0.1) is 11.6 Å². The summed E-state index contributed by atoms with van der Waals surface area (Å²) >= 11 is 0. The van der Waals surface area contributed by atoms with E-state index in [1.54, 1.807) is 0 Å². The van der Waals surface area contributed by atoms with Gasteiger partial charge < -0.3 is 16.2 Å². The summed E-state index contributed by atoms with van der Waals surface area (Å²) < 4.78 is 0. The number of carboxylic acid groups (broad SMARTS) is 1. The third-order valence-corrected chi connectivity index (χ3v) is 4.22. The number of aromatic nitrogens is 2. The number of anilines is 2. The highest BCUT2D eigenvalue weighted by Gasteiger charge is 2.68. The van der Waals surface area contributed by atoms with Gasteiger partial charge in [0, 0.05) is 6.04 Å². The maximum Gasteiger partial charge on any atom is 0.312 e. The molecule has 1 aromatic rings. The fourth-order valence-electron chi connectivity index (χ4n) is 3.08. The van der Waals surface area contributed by atoms with E-state index in [0.717, 1.165) is 12.8 Å². The standard InChI is InChI=1S/C12H13N5O2/c13-4-6-5-15-11(17-9(6)14)16-8-2-1-7-3-12(7,8)10(18)19/h5,7-8H,1-3H2,(H,18,19)(H3,14,15,16,17). The smallest absolute Gasteiger partial charge is 0.312 e. The van der Waals surface area contributed by atoms with Gasteiger partial charge in [-0.2, -0.15) is 10.2 Å². The van der Waals surface area contributed by atoms with Crippen molar-refractivity contribution in [3.63, 3.8) is 0 Å². The molecule has 0 aliphatic heterocycles. The monoisotopic (exact) mass is 259 g/mol. The van der Waals surface area contributed by atoms with E-state index in [-0.39, 0.29) is 29.3 Å². The quantitative estimate of drug-likeness (QED) is 0.725. The molecule has 0 amide bonds. The molecule has 0 bridgehead atoms. The number of nitrogens with one attached hydrogen (secondary N) is 1. The van der Waals surface area contributed by atoms with Gasteiger partial charge in [0.2, 0.25) is 5.95 Å². The van der Waals surface area contributed by atoms with Crippen LogP contribution in [-0.2, 0) is 4.79 Å². The number of hydrogen-bond acceptors (Lipinski definition) is 6. The Bertz CT molecular complexity index is 596. The van der Waals surface area contributed by atoms with Gasteiger partial charge in [-0.1, -0.05) is 0 Å². The van der Waals surface area contributed by atoms with E-state index < -0.39 is 11.4 Å². The van der Waals surface area contributed by atoms with Gasteiger partial charge in [-0.3, -0.25) is 4.79 Å². The molecule has 3 unspecified atom stereocenters. The second-order valence-electron chi connectivity index (χ2n) is 5.13. The van der Waals surface area contributed by atoms with Crippen molar-refractivity contribution in [1.82, 2.24) is 9.97 Å². The number of carbonyl (C=O) groups is 1. The molecule has 0 saturated heterocycles. The first-order valence-electron chi connectivity index (χ1n) is 6.10. The number of nitrogens with zero attached hydrogens (tertiary/aromatic N) is 3. The van der Waals surface area contributed by atoms with Crippen molar-refractivity contribution in [2.45, 2.75) is 25.3 Å². The molecular weight excluding hydrogens is 246 g/mol. The van der Waals surface area contributed by atoms with Crippen molar-refractivity contribution in [1.29, 1.82) is 5.26 Å². The van der Waals surface area contributed by atoms with E-state index in [9.17, 15) is 9.90 Å². The Balaban J connectivity index is 1.81. The highest BCUT2D eigenvalue weighted by atomic mass is 16.4. The first-order chi connectivity index (χ1) is 9.07. The maximum atomic E-state index is 11.4. The van der Waals surface area contributed by atoms with Crippen LogP contribution in [0.2, 0.25) is 0 Å². The number of nitriles is 1. The van der Waals surface area contributed by atoms with Gasteiger partial charge in [0.25, 0.3) is 0 Å². The molecular formula is C12H13N5O2. The van der Waals surface area contributed by atoms with Crippen molar-refractivity contribution in [3.8, 4) is 6.07 Å². The zero-order chi connectivity index (χ0) is 13.6. The lowest BCUT2D eigenvalue weighted by Crippen LogP contribution is -2.35. The van der Waals surface area contributed by atoms with Gasteiger partial charge in [-0.05, 0) is 25.2 Å². The highest BCUT2D eigenvalue weighted by molar-refractivity contribution is 5.81. The van der Waals surface area contributed by atoms with Gasteiger partial charge in [-0.25, -0.2) is 4.98 Å². The molecule has 2 aliphatic carbocycles. The summed E-state index contributed by atoms with van der Waals surface area (Å²) in [5.74, 6) is -0.100. The lowest BCUT2D eigenvalue weighted by molar-refractivity contribution is -0.143. The topological polar surface area (TPSA) is 125 Å². The molecule has 19 heavy (non-hydrogen) atoms. The van der Waals surface area contributed by atoms with Crippen LogP contribution < -0.4 is 11.1 Å². The number of aliphatic carboxylic acids is 1. The summed E-state index contributed by atoms with van der Waals surface area (Å²) in [6, 6.07) is 1.72. The number of rotatable bonds is 3. The average molecular weight is 259 g/mol. The van der Waals surface area contributed by atoms with Crippen molar-refractivity contribution < 1.29 is 9.90 Å². The number of nitrogen functional groups attached to an aromatic ring is 1. The SMILES string of the molecule is N#Cc1cnc(NC2CCC3CC32C(=O)O)nc1N. The van der Waals surface area contributed by atoms with Crippen LogP contribution >= 0.6 is 0 Å². The molecule has 7 nitrogen and oxygen atoms in total. The number of fused-ring (bicyclic) bond motifs is 1. The molecule has 3 atom stereocenters. The number of hydrogen-bond donors (Lipinski definition) is 3. The normalized spacial score (nSPS) is 31.3. The second kappa shape index (κ2) is 3.82. The van der Waals surface area contributed by atoms with Crippen LogP contribution in [0.5, 0.6) is 0 Å². The van der Waals surface area contributed by atoms with Gasteiger partial charge in [0.15, 0.2) is 0 Å². The molecule has 4 N–H and O–H groups in total. The minimum absolute atomic E-state index is 0.106. The molecule has 2 aliphatic rings. The Morgan fingerprint density at radius 2 is 2.42 bits per heavy atom. The average Bonchev–Trinajstić information content (AvgIpc) is 3.02. The van der Waals surface area contributed by atoms with E-state index >= 15 is 0 Å². The lowest BCUT2D eigenvalue weighted by Gasteiger charge is -2.20. The molecule has 0 spiro atoms. The van der Waals surface area contributed by atoms with Gasteiger partial charge in [-0.15, -0.1) is 0 Å². The number of carboxylic acids is 1. The van der Waals surface area contributed by atoms with Crippen LogP contribution in [0.4, 0.5) is 11.8 Å². The summed E-state index contributed by atoms with van der Waals surface area (Å²) in [4.78, 5) is 19.4. The molecule has 1 heterocycles. The zero-order valence-corrected chi connectivity index (χ0v) is 10.1. The third kappa shape index (κ3) is 1.60. The fourth-order valence-corrected chi connectivity index (χ4v) is 3.08. The van der Waals surface area contributed by atoms with Gasteiger partial charge >= 0.3 is 5.97 Å². The Morgan fingerprint density at radius 3 is 3.00 bits per heavy atom. The Hall–Kier alpha value is -2.36. The van der Waals surface area contributed by atoms with Gasteiger partial charge in [0.1, 0.15) is 17.5 Å². The van der Waals surface area contributed by atoms with E-state index in [0.29, 0.717) is 6.42 Å². The molecule has 2 fully saturated rings. The number of nitrogens with two attached hydrogens (primary N) is 1. The fraction of sp³-hybridized carbons (Fsp3) is 0.500. The van der Waals surface area contributed by atoms with Crippen molar-refractivity contribution in [2.75, 3.05) is 11.1 Å². The third-order valence-electron chi connectivity index (χ3n) is 4.22. The molecule has 0 radical (unpaired) electrons. The first kappa shape index (κ1) is 11.7. The van der Waals surface area contributed by atoms with Crippen molar-refractivity contribution >= 4 is 17.7 Å². The Kier molecular flexibility index (Phi) is 2.35. The van der Waals surface area contributed by atoms with Crippen LogP contribution in [0.1, 0.15) is 24.8 Å². The van der Waals surface area contributed by atoms with E-state index in [4.69, 9.17) is 11.0 Å². The molecule has 1 aromatic heterocycles. The van der Waals surface area contributed by atoms with Crippen LogP contribution in [0.3, 0.4) is 0 Å². The summed E-state index contributed by atoms with van der Waals surface area (Å²) in [6.45, 7) is 0. The van der Waals surface area contributed by atoms with Crippen LogP contribution in [0.15, 0.2) is 6.20 Å². The summed E-state index contributed by atoms with van der Waals surface area (Å²) in [6.07, 6.45) is 3.76. The second-order valence-corrected chi connectivity index (χ2v) is 5.13. The molecule has 2 saturated carbocycles. The summed E-state index contributed by atoms with van der Waals surface area (Å²) in [5.41, 5.74) is 5.17. The Morgan fingerprint density at radius 1 is 1.63 bits per heavy atom. The minimum Gasteiger partial charge on any atom is -0.481 e. The molecule has 98 valence electrons. The van der Waals surface area contributed by atoms with Crippen LogP contribution in [0.25, 0.3) is 0 Å². The largest absolute Gasteiger partial charge is 0.481 e. The minimum atomic E-state index is -0.755. The van der Waals surface area contributed by atoms with Crippen molar-refractivity contribution in [2.24, 2.45) is 11.3 Å².